The Morgan fingerprint density at radius 3 is 2.26 bits per heavy atom. The molecule has 3 unspecified atom stereocenters. The molecule has 1 saturated carbocycles. The van der Waals surface area contributed by atoms with E-state index in [4.69, 9.17) is 0 Å². The molecule has 0 bridgehead atoms. The number of piperidine rings is 1. The van der Waals surface area contributed by atoms with Crippen LogP contribution in [0.25, 0.3) is 0 Å². The number of nitrogens with zero attached hydrogens (tertiary/aromatic N) is 2. The standard InChI is InChI=1S/C26H27N3O2/c30-25(26(31,20-11-5-2-6-12-20)24-13-7-8-14-27-24)28-15-21-22-17-29(18-23(21)22)16-19-9-3-1-4-10-19/h1-14,21-23,31H,15-18H2,(H,28,30). The molecule has 2 fully saturated rings. The second kappa shape index (κ2) is 8.25. The molecule has 5 rings (SSSR count). The molecule has 1 aromatic heterocycles. The zero-order valence-electron chi connectivity index (χ0n) is 17.4. The maximum absolute atomic E-state index is 13.2. The van der Waals surface area contributed by atoms with Crippen LogP contribution in [0.3, 0.4) is 0 Å². The molecular weight excluding hydrogens is 386 g/mol. The lowest BCUT2D eigenvalue weighted by Crippen LogP contribution is -2.47. The van der Waals surface area contributed by atoms with Crippen molar-refractivity contribution in [3.8, 4) is 0 Å². The third kappa shape index (κ3) is 3.87. The third-order valence-electron chi connectivity index (χ3n) is 6.75. The Balaban J connectivity index is 1.21. The number of nitrogens with one attached hydrogen (secondary N) is 1. The molecule has 31 heavy (non-hydrogen) atoms. The van der Waals surface area contributed by atoms with Gasteiger partial charge in [-0.05, 0) is 41.0 Å². The van der Waals surface area contributed by atoms with Gasteiger partial charge in [-0.2, -0.15) is 0 Å². The molecule has 2 N–H and O–H groups in total. The van der Waals surface area contributed by atoms with E-state index >= 15 is 0 Å². The van der Waals surface area contributed by atoms with Crippen molar-refractivity contribution in [1.82, 2.24) is 15.2 Å². The first-order valence-electron chi connectivity index (χ1n) is 10.9. The van der Waals surface area contributed by atoms with Gasteiger partial charge in [0.15, 0.2) is 0 Å². The number of rotatable bonds is 7. The zero-order valence-corrected chi connectivity index (χ0v) is 17.4. The Morgan fingerprint density at radius 1 is 0.968 bits per heavy atom. The Bertz CT molecular complexity index is 975. The van der Waals surface area contributed by atoms with Gasteiger partial charge in [-0.3, -0.25) is 14.7 Å². The summed E-state index contributed by atoms with van der Waals surface area (Å²) in [4.78, 5) is 20.0. The number of amides is 1. The Morgan fingerprint density at radius 2 is 1.61 bits per heavy atom. The first-order chi connectivity index (χ1) is 15.2. The first kappa shape index (κ1) is 19.9. The lowest BCUT2D eigenvalue weighted by Gasteiger charge is -2.27. The van der Waals surface area contributed by atoms with Gasteiger partial charge in [0.2, 0.25) is 5.60 Å². The fraction of sp³-hybridized carbons (Fsp3) is 0.308. The third-order valence-corrected chi connectivity index (χ3v) is 6.75. The lowest BCUT2D eigenvalue weighted by atomic mass is 9.89. The summed E-state index contributed by atoms with van der Waals surface area (Å²) in [5, 5.41) is 14.5. The van der Waals surface area contributed by atoms with E-state index in [0.29, 0.717) is 35.6 Å². The summed E-state index contributed by atoms with van der Waals surface area (Å²) in [6.07, 6.45) is 1.60. The molecule has 3 atom stereocenters. The van der Waals surface area contributed by atoms with Crippen LogP contribution in [0, 0.1) is 17.8 Å². The van der Waals surface area contributed by atoms with E-state index in [1.165, 1.54) is 5.56 Å². The predicted molar refractivity (Wildman–Crippen MR) is 119 cm³/mol. The van der Waals surface area contributed by atoms with Crippen LogP contribution in [0.2, 0.25) is 0 Å². The highest BCUT2D eigenvalue weighted by atomic mass is 16.3. The summed E-state index contributed by atoms with van der Waals surface area (Å²) in [6.45, 7) is 3.72. The van der Waals surface area contributed by atoms with Crippen LogP contribution in [0.4, 0.5) is 0 Å². The molecule has 2 heterocycles. The van der Waals surface area contributed by atoms with E-state index in [0.717, 1.165) is 19.6 Å². The highest BCUT2D eigenvalue weighted by molar-refractivity contribution is 5.89. The Labute approximate surface area is 182 Å². The van der Waals surface area contributed by atoms with E-state index in [1.54, 1.807) is 36.5 Å². The highest BCUT2D eigenvalue weighted by Gasteiger charge is 2.55. The molecule has 3 aromatic rings. The second-order valence-electron chi connectivity index (χ2n) is 8.67. The van der Waals surface area contributed by atoms with E-state index in [1.807, 2.05) is 24.3 Å². The number of carbonyl (C=O) groups excluding carboxylic acids is 1. The number of pyridine rings is 1. The average Bonchev–Trinajstić information content (AvgIpc) is 3.29. The number of benzene rings is 2. The minimum Gasteiger partial charge on any atom is -0.371 e. The SMILES string of the molecule is O=C(NCC1C2CN(Cc3ccccc3)CC12)C(O)(c1ccccc1)c1ccccn1. The van der Waals surface area contributed by atoms with Crippen molar-refractivity contribution in [2.75, 3.05) is 19.6 Å². The number of hydrogen-bond acceptors (Lipinski definition) is 4. The van der Waals surface area contributed by atoms with E-state index in [9.17, 15) is 9.90 Å². The molecular formula is C26H27N3O2. The van der Waals surface area contributed by atoms with Gasteiger partial charge in [0.05, 0.1) is 5.69 Å². The average molecular weight is 414 g/mol. The van der Waals surface area contributed by atoms with Gasteiger partial charge in [0.25, 0.3) is 5.91 Å². The van der Waals surface area contributed by atoms with Crippen LogP contribution in [0.5, 0.6) is 0 Å². The number of aliphatic hydroxyl groups is 1. The normalized spacial score (nSPS) is 24.2. The first-order valence-corrected chi connectivity index (χ1v) is 10.9. The summed E-state index contributed by atoms with van der Waals surface area (Å²) in [7, 11) is 0. The molecule has 158 valence electrons. The molecule has 2 aliphatic rings. The van der Waals surface area contributed by atoms with Gasteiger partial charge in [0, 0.05) is 32.4 Å². The molecule has 0 radical (unpaired) electrons. The fourth-order valence-corrected chi connectivity index (χ4v) is 5.00. The van der Waals surface area contributed by atoms with Crippen molar-refractivity contribution < 1.29 is 9.90 Å². The van der Waals surface area contributed by atoms with Crippen molar-refractivity contribution in [2.24, 2.45) is 17.8 Å². The smallest absolute Gasteiger partial charge is 0.263 e. The van der Waals surface area contributed by atoms with Crippen LogP contribution in [0.15, 0.2) is 85.1 Å². The number of fused-ring (bicyclic) bond motifs is 1. The van der Waals surface area contributed by atoms with Crippen molar-refractivity contribution >= 4 is 5.91 Å². The van der Waals surface area contributed by atoms with Gasteiger partial charge in [0.1, 0.15) is 0 Å². The van der Waals surface area contributed by atoms with Crippen molar-refractivity contribution in [1.29, 1.82) is 0 Å². The highest BCUT2D eigenvalue weighted by Crippen LogP contribution is 2.51. The predicted octanol–water partition coefficient (Wildman–Crippen LogP) is 2.81. The van der Waals surface area contributed by atoms with Crippen LogP contribution < -0.4 is 5.32 Å². The Kier molecular flexibility index (Phi) is 5.30. The molecule has 1 aliphatic heterocycles. The maximum atomic E-state index is 13.2. The summed E-state index contributed by atoms with van der Waals surface area (Å²) in [5.41, 5.74) is 0.406. The summed E-state index contributed by atoms with van der Waals surface area (Å²) < 4.78 is 0. The number of hydrogen-bond donors (Lipinski definition) is 2. The lowest BCUT2D eigenvalue weighted by molar-refractivity contribution is -0.137. The fourth-order valence-electron chi connectivity index (χ4n) is 5.00. The summed E-state index contributed by atoms with van der Waals surface area (Å²) >= 11 is 0. The zero-order chi connectivity index (χ0) is 21.3. The summed E-state index contributed by atoms with van der Waals surface area (Å²) in [6, 6.07) is 24.9. The van der Waals surface area contributed by atoms with Crippen molar-refractivity contribution in [2.45, 2.75) is 12.1 Å². The largest absolute Gasteiger partial charge is 0.371 e. The molecule has 2 aromatic carbocycles. The van der Waals surface area contributed by atoms with Crippen molar-refractivity contribution in [3.05, 3.63) is 102 Å². The quantitative estimate of drug-likeness (QED) is 0.625. The van der Waals surface area contributed by atoms with Gasteiger partial charge in [-0.25, -0.2) is 0 Å². The topological polar surface area (TPSA) is 65.5 Å². The van der Waals surface area contributed by atoms with Crippen LogP contribution in [0.1, 0.15) is 16.8 Å². The van der Waals surface area contributed by atoms with Crippen LogP contribution in [-0.4, -0.2) is 40.5 Å². The van der Waals surface area contributed by atoms with Crippen LogP contribution in [-0.2, 0) is 16.9 Å². The molecule has 0 spiro atoms. The molecule has 1 aliphatic carbocycles. The number of carbonyl (C=O) groups is 1. The van der Waals surface area contributed by atoms with E-state index in [-0.39, 0.29) is 0 Å². The van der Waals surface area contributed by atoms with Gasteiger partial charge < -0.3 is 10.4 Å². The molecule has 5 heteroatoms. The minimum atomic E-state index is -1.80. The second-order valence-corrected chi connectivity index (χ2v) is 8.67. The van der Waals surface area contributed by atoms with Gasteiger partial charge in [-0.15, -0.1) is 0 Å². The van der Waals surface area contributed by atoms with Crippen LogP contribution >= 0.6 is 0 Å². The number of aromatic nitrogens is 1. The molecule has 1 amide bonds. The van der Waals surface area contributed by atoms with Gasteiger partial charge in [-0.1, -0.05) is 66.7 Å². The van der Waals surface area contributed by atoms with E-state index < -0.39 is 11.5 Å². The summed E-state index contributed by atoms with van der Waals surface area (Å²) in [5.74, 6) is 1.33. The van der Waals surface area contributed by atoms with Gasteiger partial charge >= 0.3 is 0 Å². The van der Waals surface area contributed by atoms with Crippen molar-refractivity contribution in [3.63, 3.8) is 0 Å². The molecule has 1 saturated heterocycles. The monoisotopic (exact) mass is 413 g/mol. The maximum Gasteiger partial charge on any atom is 0.263 e. The Hall–Kier alpha value is -3.02. The number of likely N-dealkylation sites (tertiary alicyclic amines) is 1. The van der Waals surface area contributed by atoms with E-state index in [2.05, 4.69) is 39.5 Å². The minimum absolute atomic E-state index is 0.337. The molecule has 5 nitrogen and oxygen atoms in total.